The van der Waals surface area contributed by atoms with Crippen molar-refractivity contribution in [3.8, 4) is 11.8 Å². The summed E-state index contributed by atoms with van der Waals surface area (Å²) >= 11 is 5.91. The third-order valence-corrected chi connectivity index (χ3v) is 2.30. The molecule has 0 saturated carbocycles. The van der Waals surface area contributed by atoms with Crippen LogP contribution < -0.4 is 4.74 Å². The Labute approximate surface area is 105 Å². The zero-order chi connectivity index (χ0) is 12.7. The molecule has 17 heavy (non-hydrogen) atoms. The maximum Gasteiger partial charge on any atom is 0.138 e. The first kappa shape index (κ1) is 13.8. The van der Waals surface area contributed by atoms with Gasteiger partial charge in [-0.1, -0.05) is 11.6 Å². The predicted octanol–water partition coefficient (Wildman–Crippen LogP) is 1.99. The van der Waals surface area contributed by atoms with Gasteiger partial charge >= 0.3 is 0 Å². The minimum Gasteiger partial charge on any atom is -0.489 e. The van der Waals surface area contributed by atoms with Gasteiger partial charge in [-0.2, -0.15) is 5.26 Å². The highest BCUT2D eigenvalue weighted by atomic mass is 35.5. The Bertz CT molecular complexity index is 403. The fourth-order valence-corrected chi connectivity index (χ4v) is 1.41. The molecule has 0 spiro atoms. The van der Waals surface area contributed by atoms with E-state index in [2.05, 4.69) is 0 Å². The molecule has 0 amide bonds. The third kappa shape index (κ3) is 4.61. The number of benzene rings is 1. The SMILES string of the molecule is CCOC[C@@H](O)COc1ccc(C#N)cc1Cl. The minimum absolute atomic E-state index is 0.103. The molecule has 1 atom stereocenters. The molecule has 0 aliphatic carbocycles. The van der Waals surface area contributed by atoms with Crippen LogP contribution in [0.1, 0.15) is 12.5 Å². The Morgan fingerprint density at radius 2 is 2.24 bits per heavy atom. The first-order chi connectivity index (χ1) is 8.17. The van der Waals surface area contributed by atoms with E-state index in [-0.39, 0.29) is 13.2 Å². The molecular formula is C12H14ClNO3. The lowest BCUT2D eigenvalue weighted by atomic mass is 10.2. The maximum absolute atomic E-state index is 9.49. The Morgan fingerprint density at radius 3 is 2.82 bits per heavy atom. The van der Waals surface area contributed by atoms with Crippen molar-refractivity contribution >= 4 is 11.6 Å². The third-order valence-electron chi connectivity index (χ3n) is 2.01. The molecular weight excluding hydrogens is 242 g/mol. The van der Waals surface area contributed by atoms with E-state index in [1.807, 2.05) is 13.0 Å². The van der Waals surface area contributed by atoms with Crippen LogP contribution in [0, 0.1) is 11.3 Å². The van der Waals surface area contributed by atoms with E-state index in [0.29, 0.717) is 22.9 Å². The van der Waals surface area contributed by atoms with Crippen molar-refractivity contribution in [3.05, 3.63) is 28.8 Å². The molecule has 0 radical (unpaired) electrons. The van der Waals surface area contributed by atoms with Crippen LogP contribution in [0.15, 0.2) is 18.2 Å². The topological polar surface area (TPSA) is 62.5 Å². The number of aliphatic hydroxyl groups excluding tert-OH is 1. The second-order valence-electron chi connectivity index (χ2n) is 3.38. The molecule has 5 heteroatoms. The molecule has 1 aromatic rings. The van der Waals surface area contributed by atoms with Gasteiger partial charge in [-0.05, 0) is 25.1 Å². The van der Waals surface area contributed by atoms with Crippen LogP contribution in [-0.2, 0) is 4.74 Å². The average Bonchev–Trinajstić information content (AvgIpc) is 2.34. The van der Waals surface area contributed by atoms with Gasteiger partial charge in [-0.25, -0.2) is 0 Å². The fourth-order valence-electron chi connectivity index (χ4n) is 1.18. The van der Waals surface area contributed by atoms with Crippen molar-refractivity contribution in [2.75, 3.05) is 19.8 Å². The molecule has 1 N–H and O–H groups in total. The fraction of sp³-hybridized carbons (Fsp3) is 0.417. The summed E-state index contributed by atoms with van der Waals surface area (Å²) in [6.07, 6.45) is -0.693. The van der Waals surface area contributed by atoms with E-state index in [4.69, 9.17) is 26.3 Å². The van der Waals surface area contributed by atoms with Crippen LogP contribution >= 0.6 is 11.6 Å². The number of rotatable bonds is 6. The zero-order valence-corrected chi connectivity index (χ0v) is 10.3. The molecule has 0 unspecified atom stereocenters. The second-order valence-corrected chi connectivity index (χ2v) is 3.79. The van der Waals surface area contributed by atoms with Gasteiger partial charge in [0.1, 0.15) is 18.5 Å². The summed E-state index contributed by atoms with van der Waals surface area (Å²) in [5, 5.41) is 18.5. The number of nitriles is 1. The van der Waals surface area contributed by atoms with Crippen LogP contribution in [0.25, 0.3) is 0 Å². The quantitative estimate of drug-likeness (QED) is 0.844. The standard InChI is InChI=1S/C12H14ClNO3/c1-2-16-7-10(15)8-17-12-4-3-9(6-14)5-11(12)13/h3-5,10,15H,2,7-8H2,1H3/t10-/m1/s1. The lowest BCUT2D eigenvalue weighted by Crippen LogP contribution is -2.23. The molecule has 1 aromatic carbocycles. The van der Waals surface area contributed by atoms with Gasteiger partial charge < -0.3 is 14.6 Å². The van der Waals surface area contributed by atoms with Gasteiger partial charge in [0.25, 0.3) is 0 Å². The van der Waals surface area contributed by atoms with E-state index < -0.39 is 6.10 Å². The van der Waals surface area contributed by atoms with Gasteiger partial charge in [0, 0.05) is 6.61 Å². The Balaban J connectivity index is 2.49. The number of hydrogen-bond donors (Lipinski definition) is 1. The van der Waals surface area contributed by atoms with Gasteiger partial charge in [0.2, 0.25) is 0 Å². The van der Waals surface area contributed by atoms with Crippen molar-refractivity contribution in [2.45, 2.75) is 13.0 Å². The summed E-state index contributed by atoms with van der Waals surface area (Å²) in [6.45, 7) is 2.73. The van der Waals surface area contributed by atoms with Gasteiger partial charge in [0.05, 0.1) is 23.3 Å². The smallest absolute Gasteiger partial charge is 0.138 e. The molecule has 0 bridgehead atoms. The first-order valence-electron chi connectivity index (χ1n) is 5.25. The Morgan fingerprint density at radius 1 is 1.47 bits per heavy atom. The summed E-state index contributed by atoms with van der Waals surface area (Å²) in [6, 6.07) is 6.71. The lowest BCUT2D eigenvalue weighted by molar-refractivity contribution is 0.0164. The Hall–Kier alpha value is -1.28. The number of ether oxygens (including phenoxy) is 2. The molecule has 0 heterocycles. The Kier molecular flexibility index (Phi) is 5.78. The highest BCUT2D eigenvalue weighted by molar-refractivity contribution is 6.32. The van der Waals surface area contributed by atoms with E-state index in [0.717, 1.165) is 0 Å². The summed E-state index contributed by atoms with van der Waals surface area (Å²) in [7, 11) is 0. The van der Waals surface area contributed by atoms with Crippen molar-refractivity contribution in [1.29, 1.82) is 5.26 Å². The summed E-state index contributed by atoms with van der Waals surface area (Å²) in [5.41, 5.74) is 0.470. The van der Waals surface area contributed by atoms with Crippen molar-refractivity contribution in [2.24, 2.45) is 0 Å². The lowest BCUT2D eigenvalue weighted by Gasteiger charge is -2.13. The maximum atomic E-state index is 9.49. The largest absolute Gasteiger partial charge is 0.489 e. The summed E-state index contributed by atoms with van der Waals surface area (Å²) < 4.78 is 10.4. The van der Waals surface area contributed by atoms with E-state index in [9.17, 15) is 5.11 Å². The predicted molar refractivity (Wildman–Crippen MR) is 64.2 cm³/mol. The number of halogens is 1. The highest BCUT2D eigenvalue weighted by Crippen LogP contribution is 2.25. The number of nitrogens with zero attached hydrogens (tertiary/aromatic N) is 1. The van der Waals surface area contributed by atoms with Crippen LogP contribution in [-0.4, -0.2) is 31.0 Å². The number of aliphatic hydroxyl groups is 1. The van der Waals surface area contributed by atoms with E-state index in [1.165, 1.54) is 6.07 Å². The highest BCUT2D eigenvalue weighted by Gasteiger charge is 2.08. The van der Waals surface area contributed by atoms with Gasteiger partial charge in [-0.3, -0.25) is 0 Å². The van der Waals surface area contributed by atoms with E-state index >= 15 is 0 Å². The van der Waals surface area contributed by atoms with Crippen LogP contribution in [0.4, 0.5) is 0 Å². The average molecular weight is 256 g/mol. The molecule has 0 aliphatic heterocycles. The summed E-state index contributed by atoms with van der Waals surface area (Å²) in [5.74, 6) is 0.446. The normalized spacial score (nSPS) is 11.9. The molecule has 1 rings (SSSR count). The first-order valence-corrected chi connectivity index (χ1v) is 5.63. The molecule has 0 saturated heterocycles. The summed E-state index contributed by atoms with van der Waals surface area (Å²) in [4.78, 5) is 0. The molecule has 0 aliphatic rings. The number of hydrogen-bond acceptors (Lipinski definition) is 4. The molecule has 4 nitrogen and oxygen atoms in total. The van der Waals surface area contributed by atoms with Crippen LogP contribution in [0.2, 0.25) is 5.02 Å². The van der Waals surface area contributed by atoms with Gasteiger partial charge in [0.15, 0.2) is 0 Å². The molecule has 0 fully saturated rings. The molecule has 0 aromatic heterocycles. The van der Waals surface area contributed by atoms with Crippen LogP contribution in [0.3, 0.4) is 0 Å². The van der Waals surface area contributed by atoms with Crippen LogP contribution in [0.5, 0.6) is 5.75 Å². The van der Waals surface area contributed by atoms with Crippen molar-refractivity contribution in [3.63, 3.8) is 0 Å². The van der Waals surface area contributed by atoms with Crippen molar-refractivity contribution in [1.82, 2.24) is 0 Å². The zero-order valence-electron chi connectivity index (χ0n) is 9.52. The van der Waals surface area contributed by atoms with Gasteiger partial charge in [-0.15, -0.1) is 0 Å². The van der Waals surface area contributed by atoms with Crippen molar-refractivity contribution < 1.29 is 14.6 Å². The second kappa shape index (κ2) is 7.13. The minimum atomic E-state index is -0.693. The molecule has 92 valence electrons. The van der Waals surface area contributed by atoms with E-state index in [1.54, 1.807) is 12.1 Å². The monoisotopic (exact) mass is 255 g/mol.